The molecule has 0 aromatic heterocycles. The number of nitrogens with one attached hydrogen (secondary N) is 1. The van der Waals surface area contributed by atoms with Crippen LogP contribution < -0.4 is 15.8 Å². The minimum atomic E-state index is -0.190. The number of hydrogen-bond acceptors (Lipinski definition) is 3. The Balaban J connectivity index is 2.11. The van der Waals surface area contributed by atoms with Crippen LogP contribution in [0.3, 0.4) is 0 Å². The van der Waals surface area contributed by atoms with E-state index in [0.717, 1.165) is 30.5 Å². The summed E-state index contributed by atoms with van der Waals surface area (Å²) >= 11 is 0. The SMILES string of the molecule is CCCCCOc1ccccc1C(=O)Nc1cccc(N)c1C. The smallest absolute Gasteiger partial charge is 0.259 e. The third-order valence-electron chi connectivity index (χ3n) is 3.76. The van der Waals surface area contributed by atoms with Gasteiger partial charge in [-0.25, -0.2) is 0 Å². The Morgan fingerprint density at radius 2 is 1.91 bits per heavy atom. The summed E-state index contributed by atoms with van der Waals surface area (Å²) < 4.78 is 5.77. The summed E-state index contributed by atoms with van der Waals surface area (Å²) in [5, 5.41) is 2.91. The fraction of sp³-hybridized carbons (Fsp3) is 0.316. The van der Waals surface area contributed by atoms with Gasteiger partial charge in [0.1, 0.15) is 5.75 Å². The molecule has 0 saturated carbocycles. The number of para-hydroxylation sites is 1. The van der Waals surface area contributed by atoms with Crippen LogP contribution in [-0.4, -0.2) is 12.5 Å². The molecule has 0 bridgehead atoms. The highest BCUT2D eigenvalue weighted by Gasteiger charge is 2.13. The summed E-state index contributed by atoms with van der Waals surface area (Å²) in [7, 11) is 0. The molecule has 0 heterocycles. The van der Waals surface area contributed by atoms with Gasteiger partial charge in [0.15, 0.2) is 0 Å². The molecule has 0 aliphatic carbocycles. The fourth-order valence-corrected chi connectivity index (χ4v) is 2.29. The first-order chi connectivity index (χ1) is 11.1. The standard InChI is InChI=1S/C19H24N2O2/c1-3-4-7-13-23-18-12-6-5-9-15(18)19(22)21-17-11-8-10-16(20)14(17)2/h5-6,8-12H,3-4,7,13,20H2,1-2H3,(H,21,22). The average molecular weight is 312 g/mol. The average Bonchev–Trinajstić information content (AvgIpc) is 2.56. The van der Waals surface area contributed by atoms with Crippen LogP contribution in [0.5, 0.6) is 5.75 Å². The number of unbranched alkanes of at least 4 members (excludes halogenated alkanes) is 2. The van der Waals surface area contributed by atoms with Crippen LogP contribution in [0.2, 0.25) is 0 Å². The Kier molecular flexibility index (Phi) is 6.03. The van der Waals surface area contributed by atoms with E-state index in [1.807, 2.05) is 43.3 Å². The van der Waals surface area contributed by atoms with Gasteiger partial charge in [-0.3, -0.25) is 4.79 Å². The zero-order valence-electron chi connectivity index (χ0n) is 13.8. The van der Waals surface area contributed by atoms with Gasteiger partial charge in [0.05, 0.1) is 12.2 Å². The van der Waals surface area contributed by atoms with E-state index in [9.17, 15) is 4.79 Å². The van der Waals surface area contributed by atoms with E-state index in [-0.39, 0.29) is 5.91 Å². The lowest BCUT2D eigenvalue weighted by Gasteiger charge is -2.13. The number of carbonyl (C=O) groups is 1. The maximum atomic E-state index is 12.6. The number of carbonyl (C=O) groups excluding carboxylic acids is 1. The van der Waals surface area contributed by atoms with Gasteiger partial charge in [-0.2, -0.15) is 0 Å². The predicted molar refractivity (Wildman–Crippen MR) is 95.0 cm³/mol. The van der Waals surface area contributed by atoms with E-state index in [0.29, 0.717) is 23.6 Å². The van der Waals surface area contributed by atoms with E-state index < -0.39 is 0 Å². The number of nitrogens with two attached hydrogens (primary N) is 1. The molecule has 0 unspecified atom stereocenters. The second kappa shape index (κ2) is 8.22. The van der Waals surface area contributed by atoms with E-state index in [1.165, 1.54) is 0 Å². The minimum absolute atomic E-state index is 0.190. The van der Waals surface area contributed by atoms with Gasteiger partial charge in [-0.15, -0.1) is 0 Å². The Labute approximate surface area is 137 Å². The van der Waals surface area contributed by atoms with Gasteiger partial charge in [0.25, 0.3) is 5.91 Å². The van der Waals surface area contributed by atoms with Gasteiger partial charge in [-0.1, -0.05) is 38.0 Å². The number of benzene rings is 2. The number of amides is 1. The topological polar surface area (TPSA) is 64.3 Å². The molecular formula is C19H24N2O2. The van der Waals surface area contributed by atoms with Gasteiger partial charge >= 0.3 is 0 Å². The molecule has 122 valence electrons. The molecule has 0 aliphatic rings. The molecule has 0 atom stereocenters. The third-order valence-corrected chi connectivity index (χ3v) is 3.76. The van der Waals surface area contributed by atoms with Gasteiger partial charge in [0.2, 0.25) is 0 Å². The Bertz CT molecular complexity index is 668. The van der Waals surface area contributed by atoms with Crippen molar-refractivity contribution in [2.45, 2.75) is 33.1 Å². The monoisotopic (exact) mass is 312 g/mol. The number of rotatable bonds is 7. The van der Waals surface area contributed by atoms with Crippen molar-refractivity contribution < 1.29 is 9.53 Å². The second-order valence-corrected chi connectivity index (χ2v) is 5.53. The lowest BCUT2D eigenvalue weighted by molar-refractivity contribution is 0.102. The van der Waals surface area contributed by atoms with Crippen LogP contribution in [0.25, 0.3) is 0 Å². The first-order valence-corrected chi connectivity index (χ1v) is 8.01. The summed E-state index contributed by atoms with van der Waals surface area (Å²) in [6.45, 7) is 4.66. The van der Waals surface area contributed by atoms with E-state index in [4.69, 9.17) is 10.5 Å². The van der Waals surface area contributed by atoms with E-state index in [2.05, 4.69) is 12.2 Å². The quantitative estimate of drug-likeness (QED) is 0.588. The Hall–Kier alpha value is -2.49. The molecule has 3 N–H and O–H groups in total. The summed E-state index contributed by atoms with van der Waals surface area (Å²) in [4.78, 5) is 12.6. The highest BCUT2D eigenvalue weighted by atomic mass is 16.5. The highest BCUT2D eigenvalue weighted by molar-refractivity contribution is 6.06. The predicted octanol–water partition coefficient (Wildman–Crippen LogP) is 4.40. The molecule has 23 heavy (non-hydrogen) atoms. The molecule has 1 amide bonds. The summed E-state index contributed by atoms with van der Waals surface area (Å²) in [6.07, 6.45) is 3.25. The summed E-state index contributed by atoms with van der Waals surface area (Å²) in [6, 6.07) is 12.8. The molecule has 4 nitrogen and oxygen atoms in total. The third kappa shape index (κ3) is 4.49. The van der Waals surface area contributed by atoms with Gasteiger partial charge < -0.3 is 15.8 Å². The first-order valence-electron chi connectivity index (χ1n) is 8.01. The van der Waals surface area contributed by atoms with Crippen LogP contribution in [0.4, 0.5) is 11.4 Å². The normalized spacial score (nSPS) is 10.3. The van der Waals surface area contributed by atoms with Crippen LogP contribution >= 0.6 is 0 Å². The van der Waals surface area contributed by atoms with Crippen LogP contribution in [0, 0.1) is 6.92 Å². The van der Waals surface area contributed by atoms with Crippen molar-refractivity contribution in [3.63, 3.8) is 0 Å². The Morgan fingerprint density at radius 3 is 2.70 bits per heavy atom. The maximum absolute atomic E-state index is 12.6. The number of ether oxygens (including phenoxy) is 1. The summed E-state index contributed by atoms with van der Waals surface area (Å²) in [5.74, 6) is 0.424. The number of anilines is 2. The lowest BCUT2D eigenvalue weighted by atomic mass is 10.1. The van der Waals surface area contributed by atoms with Crippen LogP contribution in [0.1, 0.15) is 42.1 Å². The van der Waals surface area contributed by atoms with Crippen LogP contribution in [0.15, 0.2) is 42.5 Å². The maximum Gasteiger partial charge on any atom is 0.259 e. The lowest BCUT2D eigenvalue weighted by Crippen LogP contribution is -2.15. The van der Waals surface area contributed by atoms with Crippen LogP contribution in [-0.2, 0) is 0 Å². The fourth-order valence-electron chi connectivity index (χ4n) is 2.29. The van der Waals surface area contributed by atoms with E-state index >= 15 is 0 Å². The zero-order valence-corrected chi connectivity index (χ0v) is 13.8. The van der Waals surface area contributed by atoms with Crippen molar-refractivity contribution in [2.75, 3.05) is 17.7 Å². The molecule has 0 spiro atoms. The molecule has 0 saturated heterocycles. The van der Waals surface area contributed by atoms with E-state index in [1.54, 1.807) is 6.07 Å². The Morgan fingerprint density at radius 1 is 1.13 bits per heavy atom. The van der Waals surface area contributed by atoms with Crippen molar-refractivity contribution >= 4 is 17.3 Å². The first kappa shape index (κ1) is 16.9. The van der Waals surface area contributed by atoms with Gasteiger partial charge in [-0.05, 0) is 43.2 Å². The zero-order chi connectivity index (χ0) is 16.7. The molecular weight excluding hydrogens is 288 g/mol. The molecule has 2 aromatic carbocycles. The van der Waals surface area contributed by atoms with Crippen molar-refractivity contribution in [2.24, 2.45) is 0 Å². The second-order valence-electron chi connectivity index (χ2n) is 5.53. The number of nitrogen functional groups attached to an aromatic ring is 1. The molecule has 0 aliphatic heterocycles. The molecule has 2 rings (SSSR count). The van der Waals surface area contributed by atoms with Gasteiger partial charge in [0, 0.05) is 11.4 Å². The molecule has 2 aromatic rings. The minimum Gasteiger partial charge on any atom is -0.493 e. The summed E-state index contributed by atoms with van der Waals surface area (Å²) in [5.41, 5.74) is 8.66. The molecule has 0 fully saturated rings. The number of hydrogen-bond donors (Lipinski definition) is 2. The largest absolute Gasteiger partial charge is 0.493 e. The molecule has 0 radical (unpaired) electrons. The molecule has 4 heteroatoms. The van der Waals surface area contributed by atoms with Crippen molar-refractivity contribution in [1.82, 2.24) is 0 Å². The van der Waals surface area contributed by atoms with Crippen molar-refractivity contribution in [3.8, 4) is 5.75 Å². The van der Waals surface area contributed by atoms with Crippen molar-refractivity contribution in [3.05, 3.63) is 53.6 Å². The van der Waals surface area contributed by atoms with Crippen molar-refractivity contribution in [1.29, 1.82) is 0 Å². The highest BCUT2D eigenvalue weighted by Crippen LogP contribution is 2.24.